The minimum atomic E-state index is -2.43. The summed E-state index contributed by atoms with van der Waals surface area (Å²) < 4.78 is 73.8. The maximum Gasteiger partial charge on any atom is 0.514 e. The molecule has 0 aromatic heterocycles. The first-order chi connectivity index (χ1) is 13.1. The van der Waals surface area contributed by atoms with Gasteiger partial charge in [-0.3, -0.25) is 19.3 Å². The zero-order valence-electron chi connectivity index (χ0n) is 13.6. The van der Waals surface area contributed by atoms with Crippen molar-refractivity contribution in [1.82, 2.24) is 10.2 Å². The van der Waals surface area contributed by atoms with E-state index >= 15 is 0 Å². The Hall–Kier alpha value is -3.51. The highest BCUT2D eigenvalue weighted by molar-refractivity contribution is 6.14. The maximum absolute atomic E-state index is 13.3. The van der Waals surface area contributed by atoms with Gasteiger partial charge in [-0.15, -0.1) is 0 Å². The van der Waals surface area contributed by atoms with Gasteiger partial charge in [-0.05, 0) is 0 Å². The Morgan fingerprint density at radius 1 is 0.893 bits per heavy atom. The van der Waals surface area contributed by atoms with Crippen molar-refractivity contribution in [2.75, 3.05) is 19.7 Å². The Labute approximate surface area is 152 Å². The minimum absolute atomic E-state index is 0.366. The Balaban J connectivity index is 1.80. The van der Waals surface area contributed by atoms with Gasteiger partial charge in [0.15, 0.2) is 0 Å². The lowest BCUT2D eigenvalue weighted by molar-refractivity contribution is -0.141. The Bertz CT molecular complexity index is 841. The van der Waals surface area contributed by atoms with Crippen LogP contribution in [-0.2, 0) is 19.1 Å². The molecule has 28 heavy (non-hydrogen) atoms. The van der Waals surface area contributed by atoms with Gasteiger partial charge in [0.05, 0.1) is 6.54 Å². The quantitative estimate of drug-likeness (QED) is 0.143. The normalized spacial score (nSPS) is 13.1. The predicted molar refractivity (Wildman–Crippen MR) is 77.1 cm³/mol. The van der Waals surface area contributed by atoms with E-state index in [0.717, 1.165) is 12.2 Å². The molecule has 1 heterocycles. The van der Waals surface area contributed by atoms with Gasteiger partial charge in [0, 0.05) is 12.2 Å². The van der Waals surface area contributed by atoms with E-state index in [2.05, 4.69) is 14.8 Å². The second kappa shape index (κ2) is 8.45. The topological polar surface area (TPSA) is 102 Å². The summed E-state index contributed by atoms with van der Waals surface area (Å²) in [4.78, 5) is 46.0. The van der Waals surface area contributed by atoms with Gasteiger partial charge < -0.3 is 14.8 Å². The summed E-state index contributed by atoms with van der Waals surface area (Å²) in [5, 5.41) is 2.16. The van der Waals surface area contributed by atoms with Crippen LogP contribution in [0.15, 0.2) is 12.2 Å². The number of benzene rings is 1. The number of hydrogen-bond acceptors (Lipinski definition) is 6. The molecular weight excluding hydrogens is 399 g/mol. The standard InChI is InChI=1S/C15H9F5N2O6/c16-9-10(17)12(19)14(13(20)11(9)18)28-15(26)27-4-3-21-6(23)5-22-7(24)1-2-8(22)25/h1-2H,3-5H2,(H,21,23). The molecule has 0 bridgehead atoms. The van der Waals surface area contributed by atoms with Crippen molar-refractivity contribution in [2.24, 2.45) is 0 Å². The molecule has 1 aromatic rings. The Kier molecular flexibility index (Phi) is 6.28. The molecule has 0 saturated heterocycles. The van der Waals surface area contributed by atoms with Gasteiger partial charge in [0.25, 0.3) is 11.8 Å². The van der Waals surface area contributed by atoms with Crippen LogP contribution in [0.3, 0.4) is 0 Å². The van der Waals surface area contributed by atoms with E-state index < -0.39 is 71.9 Å². The number of ether oxygens (including phenoxy) is 2. The molecule has 0 radical (unpaired) electrons. The summed E-state index contributed by atoms with van der Waals surface area (Å²) >= 11 is 0. The van der Waals surface area contributed by atoms with E-state index in [1.807, 2.05) is 0 Å². The summed E-state index contributed by atoms with van der Waals surface area (Å²) in [7, 11) is 0. The third kappa shape index (κ3) is 4.42. The molecule has 150 valence electrons. The van der Waals surface area contributed by atoms with Crippen molar-refractivity contribution in [1.29, 1.82) is 0 Å². The summed E-state index contributed by atoms with van der Waals surface area (Å²) in [6.07, 6.45) is 0.133. The molecule has 8 nitrogen and oxygen atoms in total. The second-order valence-electron chi connectivity index (χ2n) is 5.05. The van der Waals surface area contributed by atoms with Gasteiger partial charge in [-0.1, -0.05) is 0 Å². The first kappa shape index (κ1) is 20.8. The molecule has 1 N–H and O–H groups in total. The number of rotatable bonds is 6. The van der Waals surface area contributed by atoms with Crippen LogP contribution in [0, 0.1) is 29.1 Å². The van der Waals surface area contributed by atoms with E-state index in [-0.39, 0.29) is 6.54 Å². The maximum atomic E-state index is 13.3. The lowest BCUT2D eigenvalue weighted by atomic mass is 10.3. The van der Waals surface area contributed by atoms with Gasteiger partial charge in [-0.2, -0.15) is 8.78 Å². The van der Waals surface area contributed by atoms with Crippen LogP contribution in [0.2, 0.25) is 0 Å². The lowest BCUT2D eigenvalue weighted by Gasteiger charge is -2.13. The van der Waals surface area contributed by atoms with Gasteiger partial charge >= 0.3 is 6.16 Å². The molecule has 0 fully saturated rings. The zero-order valence-corrected chi connectivity index (χ0v) is 13.6. The van der Waals surface area contributed by atoms with Crippen LogP contribution in [0.5, 0.6) is 5.75 Å². The zero-order chi connectivity index (χ0) is 21.0. The van der Waals surface area contributed by atoms with Crippen molar-refractivity contribution in [3.05, 3.63) is 41.2 Å². The van der Waals surface area contributed by atoms with Crippen LogP contribution < -0.4 is 10.1 Å². The predicted octanol–water partition coefficient (Wildman–Crippen LogP) is 0.939. The van der Waals surface area contributed by atoms with E-state index in [0.29, 0.717) is 4.90 Å². The van der Waals surface area contributed by atoms with Crippen molar-refractivity contribution in [3.8, 4) is 5.75 Å². The number of hydrogen-bond donors (Lipinski definition) is 1. The van der Waals surface area contributed by atoms with Crippen molar-refractivity contribution in [2.45, 2.75) is 0 Å². The first-order valence-corrected chi connectivity index (χ1v) is 7.29. The molecule has 3 amide bonds. The summed E-state index contributed by atoms with van der Waals surface area (Å²) in [5.74, 6) is -15.8. The average molecular weight is 408 g/mol. The molecule has 0 atom stereocenters. The van der Waals surface area contributed by atoms with Crippen LogP contribution in [0.1, 0.15) is 0 Å². The smallest absolute Gasteiger partial charge is 0.432 e. The van der Waals surface area contributed by atoms with Crippen molar-refractivity contribution >= 4 is 23.9 Å². The molecule has 1 aliphatic heterocycles. The fourth-order valence-electron chi connectivity index (χ4n) is 1.90. The molecule has 0 saturated carbocycles. The van der Waals surface area contributed by atoms with E-state index in [1.54, 1.807) is 0 Å². The highest BCUT2D eigenvalue weighted by Gasteiger charge is 2.29. The molecule has 2 rings (SSSR count). The Morgan fingerprint density at radius 3 is 1.93 bits per heavy atom. The highest BCUT2D eigenvalue weighted by atomic mass is 19.2. The molecule has 13 heteroatoms. The summed E-state index contributed by atoms with van der Waals surface area (Å²) in [6, 6.07) is 0. The largest absolute Gasteiger partial charge is 0.514 e. The molecule has 0 spiro atoms. The van der Waals surface area contributed by atoms with E-state index in [4.69, 9.17) is 0 Å². The van der Waals surface area contributed by atoms with E-state index in [1.165, 1.54) is 0 Å². The molecular formula is C15H9F5N2O6. The third-order valence-corrected chi connectivity index (χ3v) is 3.20. The lowest BCUT2D eigenvalue weighted by Crippen LogP contribution is -2.41. The van der Waals surface area contributed by atoms with Crippen LogP contribution in [0.25, 0.3) is 0 Å². The van der Waals surface area contributed by atoms with Gasteiger partial charge in [0.2, 0.25) is 40.7 Å². The highest BCUT2D eigenvalue weighted by Crippen LogP contribution is 2.29. The Morgan fingerprint density at radius 2 is 1.39 bits per heavy atom. The second-order valence-corrected chi connectivity index (χ2v) is 5.05. The summed E-state index contributed by atoms with van der Waals surface area (Å²) in [6.45, 7) is -1.57. The number of carbonyl (C=O) groups excluding carboxylic acids is 4. The van der Waals surface area contributed by atoms with E-state index in [9.17, 15) is 41.1 Å². The number of nitrogens with one attached hydrogen (secondary N) is 1. The molecule has 0 unspecified atom stereocenters. The SMILES string of the molecule is O=C(CN1C(=O)C=CC1=O)NCCOC(=O)Oc1c(F)c(F)c(F)c(F)c1F. The monoisotopic (exact) mass is 408 g/mol. The van der Waals surface area contributed by atoms with Crippen molar-refractivity contribution in [3.63, 3.8) is 0 Å². The summed E-state index contributed by atoms with van der Waals surface area (Å²) in [5.41, 5.74) is 0. The number of nitrogens with zero attached hydrogens (tertiary/aromatic N) is 1. The molecule has 0 aliphatic carbocycles. The molecule has 1 aliphatic rings. The van der Waals surface area contributed by atoms with Crippen LogP contribution >= 0.6 is 0 Å². The van der Waals surface area contributed by atoms with Crippen LogP contribution in [0.4, 0.5) is 26.7 Å². The fraction of sp³-hybridized carbons (Fsp3) is 0.200. The number of halogens is 5. The fourth-order valence-corrected chi connectivity index (χ4v) is 1.90. The van der Waals surface area contributed by atoms with Gasteiger partial charge in [-0.25, -0.2) is 18.0 Å². The molecule has 1 aromatic carbocycles. The van der Waals surface area contributed by atoms with Crippen LogP contribution in [-0.4, -0.2) is 48.5 Å². The minimum Gasteiger partial charge on any atom is -0.432 e. The first-order valence-electron chi connectivity index (χ1n) is 7.29. The number of imide groups is 1. The average Bonchev–Trinajstić information content (AvgIpc) is 2.97. The van der Waals surface area contributed by atoms with Gasteiger partial charge in [0.1, 0.15) is 13.2 Å². The third-order valence-electron chi connectivity index (χ3n) is 3.20. The number of carbonyl (C=O) groups is 4. The van der Waals surface area contributed by atoms with Crippen molar-refractivity contribution < 1.29 is 50.6 Å². The number of amides is 3.